The molecule has 6 rings (SSSR count). The number of hydrogen-bond acceptors (Lipinski definition) is 8. The number of rotatable bonds is 3. The molecule has 11 nitrogen and oxygen atoms in total. The van der Waals surface area contributed by atoms with Crippen LogP contribution in [0.15, 0.2) is 42.5 Å². The minimum absolute atomic E-state index is 0.102. The van der Waals surface area contributed by atoms with E-state index in [1.54, 1.807) is 23.7 Å². The Hall–Kier alpha value is -4.45. The van der Waals surface area contributed by atoms with Crippen LogP contribution >= 0.6 is 11.3 Å². The summed E-state index contributed by atoms with van der Waals surface area (Å²) in [5, 5.41) is 9.21. The average molecular weight is 603 g/mol. The molecule has 4 aromatic rings. The number of ether oxygens (including phenoxy) is 2. The minimum atomic E-state index is -0.375. The molecule has 1 saturated heterocycles. The number of hydrogen-bond donors (Lipinski definition) is 1. The number of aryl methyl sites for hydroxylation is 3. The van der Waals surface area contributed by atoms with Crippen molar-refractivity contribution < 1.29 is 23.9 Å². The second-order valence-corrected chi connectivity index (χ2v) is 12.2. The fraction of sp³-hybridized carbons (Fsp3) is 0.387. The van der Waals surface area contributed by atoms with Gasteiger partial charge in [-0.2, -0.15) is 5.10 Å². The summed E-state index contributed by atoms with van der Waals surface area (Å²) >= 11 is 1.38. The summed E-state index contributed by atoms with van der Waals surface area (Å²) in [6, 6.07) is 12.9. The van der Waals surface area contributed by atoms with E-state index >= 15 is 0 Å². The van der Waals surface area contributed by atoms with Crippen LogP contribution in [0.25, 0.3) is 10.9 Å². The van der Waals surface area contributed by atoms with Crippen LogP contribution in [0.5, 0.6) is 11.5 Å². The number of carbonyl (C=O) groups is 3. The highest BCUT2D eigenvalue weighted by Crippen LogP contribution is 2.36. The summed E-state index contributed by atoms with van der Waals surface area (Å²) < 4.78 is 13.4. The first-order chi connectivity index (χ1) is 20.7. The van der Waals surface area contributed by atoms with Crippen LogP contribution in [0.2, 0.25) is 0 Å². The number of fused-ring (bicyclic) bond motifs is 5. The molecule has 0 unspecified atom stereocenters. The van der Waals surface area contributed by atoms with Crippen LogP contribution < -0.4 is 14.8 Å². The maximum Gasteiger partial charge on any atom is 0.275 e. The molecule has 43 heavy (non-hydrogen) atoms. The first-order valence-corrected chi connectivity index (χ1v) is 15.1. The fourth-order valence-corrected chi connectivity index (χ4v) is 6.89. The highest BCUT2D eigenvalue weighted by molar-refractivity contribution is 7.13. The third-order valence-corrected chi connectivity index (χ3v) is 9.14. The van der Waals surface area contributed by atoms with E-state index in [0.29, 0.717) is 60.4 Å². The van der Waals surface area contributed by atoms with E-state index in [1.807, 2.05) is 56.3 Å². The second-order valence-electron chi connectivity index (χ2n) is 11.0. The first kappa shape index (κ1) is 28.7. The number of thiazole rings is 1. The lowest BCUT2D eigenvalue weighted by atomic mass is 9.94. The number of likely N-dealkylation sites (tertiary alicyclic amines) is 1. The molecule has 0 radical (unpaired) electrons. The van der Waals surface area contributed by atoms with Crippen molar-refractivity contribution in [1.82, 2.24) is 29.9 Å². The Bertz CT molecular complexity index is 1710. The first-order valence-electron chi connectivity index (χ1n) is 14.3. The summed E-state index contributed by atoms with van der Waals surface area (Å²) in [4.78, 5) is 49.3. The maximum absolute atomic E-state index is 13.8. The van der Waals surface area contributed by atoms with Gasteiger partial charge in [-0.05, 0) is 44.0 Å². The molecule has 0 saturated carbocycles. The molecule has 2 aromatic heterocycles. The lowest BCUT2D eigenvalue weighted by Crippen LogP contribution is -2.47. The molecule has 2 atom stereocenters. The van der Waals surface area contributed by atoms with E-state index in [0.717, 1.165) is 21.5 Å². The van der Waals surface area contributed by atoms with Crippen molar-refractivity contribution in [2.75, 3.05) is 39.9 Å². The maximum atomic E-state index is 13.8. The molecule has 224 valence electrons. The van der Waals surface area contributed by atoms with Crippen molar-refractivity contribution in [3.8, 4) is 11.5 Å². The number of para-hydroxylation sites is 1. The number of methoxy groups -OCH3 is 1. The molecule has 1 fully saturated rings. The lowest BCUT2D eigenvalue weighted by molar-refractivity contribution is -0.122. The summed E-state index contributed by atoms with van der Waals surface area (Å²) in [6.07, 6.45) is 0.500. The average Bonchev–Trinajstić information content (AvgIpc) is 3.68. The fourth-order valence-electron chi connectivity index (χ4n) is 6.00. The van der Waals surface area contributed by atoms with Crippen LogP contribution in [0.3, 0.4) is 0 Å². The Morgan fingerprint density at radius 3 is 2.67 bits per heavy atom. The van der Waals surface area contributed by atoms with Crippen LogP contribution in [0.1, 0.15) is 48.8 Å². The Morgan fingerprint density at radius 1 is 1.09 bits per heavy atom. The van der Waals surface area contributed by atoms with Gasteiger partial charge < -0.3 is 24.6 Å². The lowest BCUT2D eigenvalue weighted by Gasteiger charge is -2.24. The van der Waals surface area contributed by atoms with E-state index in [2.05, 4.69) is 15.4 Å². The third kappa shape index (κ3) is 5.54. The normalized spacial score (nSPS) is 19.1. The number of benzene rings is 2. The molecule has 3 amide bonds. The second kappa shape index (κ2) is 11.7. The summed E-state index contributed by atoms with van der Waals surface area (Å²) in [7, 11) is 3.38. The van der Waals surface area contributed by atoms with Crippen molar-refractivity contribution >= 4 is 40.0 Å². The molecule has 4 heterocycles. The van der Waals surface area contributed by atoms with Crippen molar-refractivity contribution in [1.29, 1.82) is 0 Å². The van der Waals surface area contributed by atoms with Crippen LogP contribution in [-0.2, 0) is 11.8 Å². The highest BCUT2D eigenvalue weighted by atomic mass is 32.1. The van der Waals surface area contributed by atoms with Crippen LogP contribution in [-0.4, -0.2) is 88.2 Å². The monoisotopic (exact) mass is 602 g/mol. The smallest absolute Gasteiger partial charge is 0.275 e. The Balaban J connectivity index is 1.31. The quantitative estimate of drug-likeness (QED) is 0.382. The van der Waals surface area contributed by atoms with Gasteiger partial charge in [-0.25, -0.2) is 4.98 Å². The Kier molecular flexibility index (Phi) is 7.78. The number of aromatic nitrogens is 3. The van der Waals surface area contributed by atoms with Crippen molar-refractivity contribution in [2.24, 2.45) is 7.05 Å². The molecule has 2 aliphatic rings. The molecule has 2 aliphatic heterocycles. The van der Waals surface area contributed by atoms with Crippen molar-refractivity contribution in [3.63, 3.8) is 0 Å². The van der Waals surface area contributed by atoms with Crippen LogP contribution in [0, 0.1) is 13.8 Å². The number of carbonyl (C=O) groups excluding carboxylic acids is 3. The zero-order chi connectivity index (χ0) is 30.2. The summed E-state index contributed by atoms with van der Waals surface area (Å²) in [5.74, 6) is 0.257. The van der Waals surface area contributed by atoms with Gasteiger partial charge in [-0.15, -0.1) is 11.3 Å². The standard InChI is InChI=1S/C31H34N6O5S/c1-18-29(43-19(2)32-18)31(40)37-15-22-20-10-11-25(41-4)26(14-20)42-13-7-12-36(17-27(38)33-23(22)16-37)30(39)28-21-8-5-6-9-24(21)35(3)34-28/h5-6,8-11,14,22-23H,7,12-13,15-17H2,1-4H3,(H,33,38)/t22-,23+/m1/s1. The molecule has 0 aliphatic carbocycles. The minimum Gasteiger partial charge on any atom is -0.493 e. The van der Waals surface area contributed by atoms with Gasteiger partial charge in [0, 0.05) is 38.0 Å². The van der Waals surface area contributed by atoms with E-state index in [1.165, 1.54) is 16.2 Å². The summed E-state index contributed by atoms with van der Waals surface area (Å²) in [5.41, 5.74) is 2.77. The highest BCUT2D eigenvalue weighted by Gasteiger charge is 2.39. The van der Waals surface area contributed by atoms with E-state index < -0.39 is 0 Å². The van der Waals surface area contributed by atoms with Crippen LogP contribution in [0.4, 0.5) is 0 Å². The molecule has 2 aromatic carbocycles. The topological polar surface area (TPSA) is 119 Å². The molecule has 0 spiro atoms. The number of nitrogens with one attached hydrogen (secondary N) is 1. The van der Waals surface area contributed by atoms with Gasteiger partial charge in [0.15, 0.2) is 17.2 Å². The Morgan fingerprint density at radius 2 is 1.91 bits per heavy atom. The van der Waals surface area contributed by atoms with Crippen molar-refractivity contribution in [3.05, 3.63) is 69.3 Å². The van der Waals surface area contributed by atoms with Gasteiger partial charge in [-0.3, -0.25) is 19.1 Å². The summed E-state index contributed by atoms with van der Waals surface area (Å²) in [6.45, 7) is 4.92. The SMILES string of the molecule is COc1ccc2cc1OCCCN(C(=O)c1nn(C)c3ccccc13)CC(=O)N[C@H]1CN(C(=O)c3sc(C)nc3C)C[C@H]21. The largest absolute Gasteiger partial charge is 0.493 e. The molecule has 1 N–H and O–H groups in total. The zero-order valence-corrected chi connectivity index (χ0v) is 25.4. The van der Waals surface area contributed by atoms with E-state index in [4.69, 9.17) is 9.47 Å². The van der Waals surface area contributed by atoms with E-state index in [9.17, 15) is 14.4 Å². The predicted octanol–water partition coefficient (Wildman–Crippen LogP) is 3.30. The molecule has 2 bridgehead atoms. The van der Waals surface area contributed by atoms with Gasteiger partial charge in [0.1, 0.15) is 4.88 Å². The van der Waals surface area contributed by atoms with Gasteiger partial charge in [0.2, 0.25) is 5.91 Å². The Labute approximate surface area is 253 Å². The molecular formula is C31H34N6O5S. The van der Waals surface area contributed by atoms with Gasteiger partial charge in [-0.1, -0.05) is 24.3 Å². The predicted molar refractivity (Wildman–Crippen MR) is 162 cm³/mol. The van der Waals surface area contributed by atoms with E-state index in [-0.39, 0.29) is 36.2 Å². The number of amides is 3. The number of nitrogens with zero attached hydrogens (tertiary/aromatic N) is 5. The van der Waals surface area contributed by atoms with Gasteiger partial charge in [0.25, 0.3) is 11.8 Å². The molecule has 12 heteroatoms. The van der Waals surface area contributed by atoms with Gasteiger partial charge in [0.05, 0.1) is 42.5 Å². The molecular weight excluding hydrogens is 568 g/mol. The van der Waals surface area contributed by atoms with Gasteiger partial charge >= 0.3 is 0 Å². The zero-order valence-electron chi connectivity index (χ0n) is 24.6. The third-order valence-electron chi connectivity index (χ3n) is 8.08. The van der Waals surface area contributed by atoms with Crippen molar-refractivity contribution in [2.45, 2.75) is 32.2 Å².